The highest BCUT2D eigenvalue weighted by Crippen LogP contribution is 2.29. The van der Waals surface area contributed by atoms with Gasteiger partial charge >= 0.3 is 5.97 Å². The van der Waals surface area contributed by atoms with Crippen LogP contribution in [0.5, 0.6) is 0 Å². The van der Waals surface area contributed by atoms with Crippen molar-refractivity contribution in [3.8, 4) is 10.6 Å². The normalized spacial score (nSPS) is 10.6. The molecule has 2 rings (SSSR count). The lowest BCUT2D eigenvalue weighted by molar-refractivity contribution is 0.0690. The van der Waals surface area contributed by atoms with Gasteiger partial charge in [0.05, 0.1) is 0 Å². The zero-order valence-corrected chi connectivity index (χ0v) is 11.4. The molecule has 0 spiro atoms. The lowest BCUT2D eigenvalue weighted by Gasteiger charge is -1.97. The van der Waals surface area contributed by atoms with Crippen LogP contribution in [0.25, 0.3) is 10.6 Å². The maximum Gasteiger partial charge on any atom is 0.355 e. The van der Waals surface area contributed by atoms with E-state index in [9.17, 15) is 9.90 Å². The summed E-state index contributed by atoms with van der Waals surface area (Å²) in [6.07, 6.45) is 1.48. The molecule has 0 saturated carbocycles. The minimum Gasteiger partial charge on any atom is -0.476 e. The molecule has 4 nitrogen and oxygen atoms in total. The average Bonchev–Trinajstić information content (AvgIpc) is 2.84. The lowest BCUT2D eigenvalue weighted by Crippen LogP contribution is -2.02. The van der Waals surface area contributed by atoms with E-state index in [0.29, 0.717) is 13.0 Å². The Bertz CT molecular complexity index is 551. The van der Waals surface area contributed by atoms with Crippen LogP contribution in [0.1, 0.15) is 21.8 Å². The van der Waals surface area contributed by atoms with E-state index in [1.54, 1.807) is 7.11 Å². The number of aromatic nitrogens is 1. The predicted octanol–water partition coefficient (Wildman–Crippen LogP) is 3.09. The van der Waals surface area contributed by atoms with Crippen LogP contribution >= 0.6 is 11.3 Å². The molecular formula is C14H15NO3S. The monoisotopic (exact) mass is 277 g/mol. The number of carbonyl (C=O) groups is 1. The number of carboxylic acids is 1. The summed E-state index contributed by atoms with van der Waals surface area (Å²) in [5, 5.41) is 9.95. The van der Waals surface area contributed by atoms with Crippen LogP contribution in [0.3, 0.4) is 0 Å². The molecule has 0 aliphatic rings. The van der Waals surface area contributed by atoms with Gasteiger partial charge in [0.25, 0.3) is 0 Å². The Balaban J connectivity index is 2.27. The molecule has 19 heavy (non-hydrogen) atoms. The maximum atomic E-state index is 11.2. The number of hydrogen-bond acceptors (Lipinski definition) is 4. The number of benzene rings is 1. The Morgan fingerprint density at radius 1 is 1.37 bits per heavy atom. The molecule has 100 valence electrons. The SMILES string of the molecule is COCCCc1sc(-c2ccccc2)nc1C(=O)O. The fourth-order valence-corrected chi connectivity index (χ4v) is 2.87. The largest absolute Gasteiger partial charge is 0.476 e. The summed E-state index contributed by atoms with van der Waals surface area (Å²) in [6, 6.07) is 9.63. The molecule has 0 atom stereocenters. The van der Waals surface area contributed by atoms with E-state index in [0.717, 1.165) is 21.9 Å². The van der Waals surface area contributed by atoms with E-state index in [-0.39, 0.29) is 5.69 Å². The maximum absolute atomic E-state index is 11.2. The molecule has 0 unspecified atom stereocenters. The smallest absolute Gasteiger partial charge is 0.355 e. The third-order valence-electron chi connectivity index (χ3n) is 2.67. The van der Waals surface area contributed by atoms with Crippen molar-refractivity contribution >= 4 is 17.3 Å². The molecule has 0 aliphatic carbocycles. The molecule has 1 aromatic carbocycles. The number of carboxylic acid groups (broad SMARTS) is 1. The van der Waals surface area contributed by atoms with Gasteiger partial charge in [0, 0.05) is 24.2 Å². The quantitative estimate of drug-likeness (QED) is 0.824. The van der Waals surface area contributed by atoms with Crippen LogP contribution in [-0.2, 0) is 11.2 Å². The number of thiazole rings is 1. The molecule has 0 aliphatic heterocycles. The molecule has 0 radical (unpaired) electrons. The number of nitrogens with zero attached hydrogens (tertiary/aromatic N) is 1. The Hall–Kier alpha value is -1.72. The Labute approximate surface area is 115 Å². The minimum atomic E-state index is -0.967. The summed E-state index contributed by atoms with van der Waals surface area (Å²) < 4.78 is 4.99. The number of aromatic carboxylic acids is 1. The second-order valence-corrected chi connectivity index (χ2v) is 5.14. The molecule has 1 heterocycles. The van der Waals surface area contributed by atoms with Gasteiger partial charge in [0.1, 0.15) is 5.01 Å². The van der Waals surface area contributed by atoms with Crippen LogP contribution in [0.2, 0.25) is 0 Å². The van der Waals surface area contributed by atoms with Crippen LogP contribution < -0.4 is 0 Å². The predicted molar refractivity (Wildman–Crippen MR) is 74.7 cm³/mol. The first-order valence-electron chi connectivity index (χ1n) is 5.99. The van der Waals surface area contributed by atoms with Gasteiger partial charge in [-0.2, -0.15) is 0 Å². The molecule has 1 aromatic heterocycles. The summed E-state index contributed by atoms with van der Waals surface area (Å²) in [5.41, 5.74) is 1.12. The highest BCUT2D eigenvalue weighted by molar-refractivity contribution is 7.15. The summed E-state index contributed by atoms with van der Waals surface area (Å²) in [4.78, 5) is 16.3. The van der Waals surface area contributed by atoms with Gasteiger partial charge in [-0.05, 0) is 12.8 Å². The molecule has 0 saturated heterocycles. The fourth-order valence-electron chi connectivity index (χ4n) is 1.77. The van der Waals surface area contributed by atoms with Crippen LogP contribution in [-0.4, -0.2) is 29.8 Å². The van der Waals surface area contributed by atoms with E-state index < -0.39 is 5.97 Å². The van der Waals surface area contributed by atoms with Crippen molar-refractivity contribution in [3.63, 3.8) is 0 Å². The third-order valence-corrected chi connectivity index (χ3v) is 3.84. The van der Waals surface area contributed by atoms with Gasteiger partial charge in [0.2, 0.25) is 0 Å². The van der Waals surface area contributed by atoms with Crippen LogP contribution in [0, 0.1) is 0 Å². The topological polar surface area (TPSA) is 59.4 Å². The highest BCUT2D eigenvalue weighted by atomic mass is 32.1. The zero-order valence-electron chi connectivity index (χ0n) is 10.6. The number of rotatable bonds is 6. The van der Waals surface area contributed by atoms with Crippen molar-refractivity contribution in [2.45, 2.75) is 12.8 Å². The van der Waals surface area contributed by atoms with Gasteiger partial charge < -0.3 is 9.84 Å². The zero-order chi connectivity index (χ0) is 13.7. The van der Waals surface area contributed by atoms with E-state index in [4.69, 9.17) is 4.74 Å². The fraction of sp³-hybridized carbons (Fsp3) is 0.286. The second-order valence-electron chi connectivity index (χ2n) is 4.06. The summed E-state index contributed by atoms with van der Waals surface area (Å²) >= 11 is 1.44. The molecule has 0 bridgehead atoms. The number of aryl methyl sites for hydroxylation is 1. The van der Waals surface area contributed by atoms with Crippen molar-refractivity contribution in [2.75, 3.05) is 13.7 Å². The van der Waals surface area contributed by atoms with Crippen molar-refractivity contribution in [2.24, 2.45) is 0 Å². The molecule has 0 fully saturated rings. The van der Waals surface area contributed by atoms with E-state index >= 15 is 0 Å². The average molecular weight is 277 g/mol. The van der Waals surface area contributed by atoms with Gasteiger partial charge in [-0.3, -0.25) is 0 Å². The van der Waals surface area contributed by atoms with Crippen LogP contribution in [0.15, 0.2) is 30.3 Å². The van der Waals surface area contributed by atoms with E-state index in [1.807, 2.05) is 30.3 Å². The van der Waals surface area contributed by atoms with Crippen LogP contribution in [0.4, 0.5) is 0 Å². The third kappa shape index (κ3) is 3.39. The molecule has 5 heteroatoms. The van der Waals surface area contributed by atoms with Gasteiger partial charge in [-0.1, -0.05) is 30.3 Å². The van der Waals surface area contributed by atoms with Crippen molar-refractivity contribution in [1.29, 1.82) is 0 Å². The lowest BCUT2D eigenvalue weighted by atomic mass is 10.2. The summed E-state index contributed by atoms with van der Waals surface area (Å²) in [6.45, 7) is 0.623. The highest BCUT2D eigenvalue weighted by Gasteiger charge is 2.17. The molecule has 2 aromatic rings. The van der Waals surface area contributed by atoms with Gasteiger partial charge in [-0.15, -0.1) is 11.3 Å². The number of hydrogen-bond donors (Lipinski definition) is 1. The van der Waals surface area contributed by atoms with Crippen molar-refractivity contribution in [3.05, 3.63) is 40.9 Å². The standard InChI is InChI=1S/C14H15NO3S/c1-18-9-5-8-11-12(14(16)17)15-13(19-11)10-6-3-2-4-7-10/h2-4,6-7H,5,8-9H2,1H3,(H,16,17). The molecule has 0 amide bonds. The van der Waals surface area contributed by atoms with E-state index in [1.165, 1.54) is 11.3 Å². The molecule has 1 N–H and O–H groups in total. The Kier molecular flexibility index (Phi) is 4.65. The van der Waals surface area contributed by atoms with Gasteiger partial charge in [-0.25, -0.2) is 9.78 Å². The van der Waals surface area contributed by atoms with Crippen molar-refractivity contribution in [1.82, 2.24) is 4.98 Å². The Morgan fingerprint density at radius 2 is 2.11 bits per heavy atom. The van der Waals surface area contributed by atoms with Gasteiger partial charge in [0.15, 0.2) is 5.69 Å². The summed E-state index contributed by atoms with van der Waals surface area (Å²) in [7, 11) is 1.64. The molecular weight excluding hydrogens is 262 g/mol. The van der Waals surface area contributed by atoms with Crippen molar-refractivity contribution < 1.29 is 14.6 Å². The first-order chi connectivity index (χ1) is 9.22. The number of methoxy groups -OCH3 is 1. The number of ether oxygens (including phenoxy) is 1. The second kappa shape index (κ2) is 6.45. The minimum absolute atomic E-state index is 0.167. The van der Waals surface area contributed by atoms with E-state index in [2.05, 4.69) is 4.98 Å². The first kappa shape index (κ1) is 13.7. The summed E-state index contributed by atoms with van der Waals surface area (Å²) in [5.74, 6) is -0.967. The first-order valence-corrected chi connectivity index (χ1v) is 6.81. The Morgan fingerprint density at radius 3 is 2.74 bits per heavy atom.